The Labute approximate surface area is 819 Å². The van der Waals surface area contributed by atoms with Gasteiger partial charge in [-0.25, -0.2) is 0 Å². The van der Waals surface area contributed by atoms with Crippen LogP contribution in [0.15, 0.2) is 96.9 Å². The largest absolute Gasteiger partial charge is 0.494 e. The minimum atomic E-state index is -5.27. The van der Waals surface area contributed by atoms with Gasteiger partial charge in [-0.15, -0.1) is 0 Å². The van der Waals surface area contributed by atoms with Crippen molar-refractivity contribution in [2.75, 3.05) is 0 Å². The van der Waals surface area contributed by atoms with E-state index in [1.54, 1.807) is 6.92 Å². The lowest BCUT2D eigenvalue weighted by atomic mass is 9.88. The Hall–Kier alpha value is -2.57. The third-order valence-electron chi connectivity index (χ3n) is 32.9. The fourth-order valence-corrected chi connectivity index (χ4v) is 46.8. The summed E-state index contributed by atoms with van der Waals surface area (Å²) < 4.78 is 144. The second kappa shape index (κ2) is 61.4. The number of hydrogen-bond acceptors (Lipinski definition) is 16. The highest BCUT2D eigenvalue weighted by Crippen LogP contribution is 2.45. The number of esters is 1. The number of alkyl halides is 3. The third-order valence-corrected chi connectivity index (χ3v) is 74.9. The highest BCUT2D eigenvalue weighted by molar-refractivity contribution is 6.77. The quantitative estimate of drug-likeness (QED) is 0.0429. The Morgan fingerprint density at radius 3 is 1.11 bits per heavy atom. The summed E-state index contributed by atoms with van der Waals surface area (Å²) >= 11 is 0. The van der Waals surface area contributed by atoms with E-state index in [-0.39, 0.29) is 49.3 Å². The van der Waals surface area contributed by atoms with Gasteiger partial charge in [0.05, 0.1) is 73.2 Å². The molecular formula is C103H196F3NO17Si9. The molecule has 0 spiro atoms. The van der Waals surface area contributed by atoms with Crippen molar-refractivity contribution in [1.82, 2.24) is 5.32 Å². The summed E-state index contributed by atoms with van der Waals surface area (Å²) in [6.45, 7) is 68.0. The number of carboxylic acids is 1. The molecule has 3 rings (SSSR count). The summed E-state index contributed by atoms with van der Waals surface area (Å²) in [5.74, 6) is -4.44. The maximum atomic E-state index is 15.4. The molecule has 133 heavy (non-hydrogen) atoms. The summed E-state index contributed by atoms with van der Waals surface area (Å²) in [7, 11) is -23.0. The number of rotatable bonds is 49. The van der Waals surface area contributed by atoms with Gasteiger partial charge in [-0.1, -0.05) is 286 Å². The second-order valence-electron chi connectivity index (χ2n) is 38.9. The van der Waals surface area contributed by atoms with Gasteiger partial charge in [0.2, 0.25) is 0 Å². The standard InChI is InChI=1S/C103H196F3NO17Si9/c1-32-125(33-2,34-3)116-86-73-74-90(119-128(41-10,42-11)43-12)91(120-129(44-13,45-14)46-15)79-88(117-126(35-4,36-5)37-6)76-87-78-93(121-130(47-16,48-17)49-18)95(100(109)110)92(114-87)77-85(115-101-99(124-133(56-25,57-26)58-27)96(107-102(111)103(104,105)106)98(84(31)113-101)123-132(53-22,54-23)55-24)72-70-68-66-64-62-60-59-61-63-65-67-69-71-81(28)97(122-131(50-19,51-20)52-21)82(29)83(30)112-94(108)80-89(75-86)118-127(38-7,39-8)40-9/h59-72,78,81-86,88-93,95-99,101H,32-58,73-77,79-80H2,1-31H3,(H,107,111)(H,109,110)/b60-59+,63-61+,64-62+,67-65+,68-66+,71-69+,72-70+/t81-,82-,83-,84+,85-,86+,88+,89+,90+,91+,92-,93-,95-,96-,97+,98+,99-,101-/m0/s1. The number of carbonyl (C=O) groups excluding carboxylic acids is 2. The Balaban J connectivity index is 2.86. The lowest BCUT2D eigenvalue weighted by Crippen LogP contribution is -2.69. The zero-order chi connectivity index (χ0) is 100. The molecule has 30 heteroatoms. The molecule has 0 unspecified atom stereocenters. The van der Waals surface area contributed by atoms with Crippen molar-refractivity contribution < 1.29 is 91.4 Å². The Kier molecular flexibility index (Phi) is 57.5. The normalized spacial score (nSPS) is 28.4. The lowest BCUT2D eigenvalue weighted by molar-refractivity contribution is -0.276. The van der Waals surface area contributed by atoms with E-state index in [9.17, 15) is 14.7 Å². The number of amides is 1. The minimum Gasteiger partial charge on any atom is -0.494 e. The van der Waals surface area contributed by atoms with Gasteiger partial charge in [-0.3, -0.25) is 14.4 Å². The van der Waals surface area contributed by atoms with Crippen LogP contribution in [-0.4, -0.2) is 196 Å². The number of cyclic esters (lactones) is 1. The molecule has 3 aliphatic rings. The number of fused-ring (bicyclic) bond motifs is 2. The van der Waals surface area contributed by atoms with Gasteiger partial charge in [0.1, 0.15) is 24.2 Å². The molecule has 2 bridgehead atoms. The smallest absolute Gasteiger partial charge is 0.471 e. The summed E-state index contributed by atoms with van der Waals surface area (Å²) in [6, 6.07) is 21.0. The van der Waals surface area contributed by atoms with E-state index in [0.717, 1.165) is 127 Å². The maximum absolute atomic E-state index is 15.4. The number of ether oxygens (including phenoxy) is 4. The zero-order valence-electron chi connectivity index (χ0n) is 89.7. The van der Waals surface area contributed by atoms with Crippen LogP contribution in [0, 0.1) is 17.8 Å². The van der Waals surface area contributed by atoms with Crippen LogP contribution in [-0.2, 0) is 73.2 Å². The van der Waals surface area contributed by atoms with Crippen LogP contribution in [0.25, 0.3) is 0 Å². The van der Waals surface area contributed by atoms with Crippen LogP contribution in [0.2, 0.25) is 163 Å². The molecule has 18 atom stereocenters. The Morgan fingerprint density at radius 1 is 0.383 bits per heavy atom. The minimum absolute atomic E-state index is 0.0164. The van der Waals surface area contributed by atoms with Crippen molar-refractivity contribution >= 4 is 92.7 Å². The molecule has 772 valence electrons. The summed E-state index contributed by atoms with van der Waals surface area (Å²) in [6.07, 6.45) is 15.5. The first-order chi connectivity index (χ1) is 63.2. The Bertz CT molecular complexity index is 3440. The van der Waals surface area contributed by atoms with Crippen molar-refractivity contribution in [2.45, 2.75) is 521 Å². The fourth-order valence-electron chi connectivity index (χ4n) is 20.8. The number of allylic oxidation sites excluding steroid dienone is 12. The molecule has 0 radical (unpaired) electrons. The van der Waals surface area contributed by atoms with Gasteiger partial charge < -0.3 is 69.2 Å². The van der Waals surface area contributed by atoms with E-state index >= 15 is 18.0 Å². The molecule has 3 aliphatic heterocycles. The molecule has 0 aromatic carbocycles. The summed E-state index contributed by atoms with van der Waals surface area (Å²) in [5.41, 5.74) is 0. The van der Waals surface area contributed by atoms with E-state index in [1.165, 1.54) is 0 Å². The van der Waals surface area contributed by atoms with Gasteiger partial charge in [0.25, 0.3) is 0 Å². The molecule has 18 nitrogen and oxygen atoms in total. The SMILES string of the molecule is CC[Si](CC)(CC)O[C@@H]1CC[C@@H](O[Si](CC)(CC)CC)[C@H](O[Si](CC)(CC)CC)C[C@H](O[Si](CC)(CC)CC)CC2=C[C@H](O[Si](CC)(CC)CC)[C@@H](C(=O)O)[C@H](C[C@@H](O[C@@H]3O[C@H](C)[C@@H](O[Si](CC)(CC)CC)[C@H](NC(=O)C(F)(F)F)[C@@H]3O[Si](CC)(CC)CC)/C=C/C=C/C=C/C=C/C=C/C=C/C=C/[C@H](C)[C@@H](O[Si](CC)(CC)CC)[C@@H](C)[C@H](C)OC(=O)C[C@H](O[Si](CC)(CC)CC)C1)O2. The van der Waals surface area contributed by atoms with Crippen molar-refractivity contribution in [1.29, 1.82) is 0 Å². The van der Waals surface area contributed by atoms with Gasteiger partial charge in [-0.05, 0) is 208 Å². The zero-order valence-corrected chi connectivity index (χ0v) is 98.7. The highest BCUT2D eigenvalue weighted by Gasteiger charge is 2.56. The third kappa shape index (κ3) is 36.7. The molecule has 0 aromatic rings. The van der Waals surface area contributed by atoms with Crippen molar-refractivity contribution in [3.8, 4) is 0 Å². The van der Waals surface area contributed by atoms with Crippen LogP contribution in [0.5, 0.6) is 0 Å². The average molecular weight is 2030 g/mol. The molecule has 0 saturated carbocycles. The first-order valence-electron chi connectivity index (χ1n) is 53.5. The predicted octanol–water partition coefficient (Wildman–Crippen LogP) is 29.5. The number of carbonyl (C=O) groups is 3. The number of halogens is 3. The maximum Gasteiger partial charge on any atom is 0.471 e. The monoisotopic (exact) mass is 2030 g/mol. The number of hydrogen-bond donors (Lipinski definition) is 2. The van der Waals surface area contributed by atoms with Crippen LogP contribution >= 0.6 is 0 Å². The van der Waals surface area contributed by atoms with E-state index in [1.807, 2.05) is 107 Å². The lowest BCUT2D eigenvalue weighted by Gasteiger charge is -2.51. The van der Waals surface area contributed by atoms with Crippen LogP contribution in [0.1, 0.15) is 260 Å². The predicted molar refractivity (Wildman–Crippen MR) is 570 cm³/mol. The van der Waals surface area contributed by atoms with E-state index in [4.69, 9.17) is 58.8 Å². The fraction of sp³-hybridized carbons (Fsp3) is 0.816. The molecular weight excluding hydrogens is 1830 g/mol. The van der Waals surface area contributed by atoms with Gasteiger partial charge >= 0.3 is 24.0 Å². The van der Waals surface area contributed by atoms with Gasteiger partial charge in [0, 0.05) is 31.3 Å². The van der Waals surface area contributed by atoms with Gasteiger partial charge in [0.15, 0.2) is 81.1 Å². The topological polar surface area (TPSA) is 203 Å². The summed E-state index contributed by atoms with van der Waals surface area (Å²) in [4.78, 5) is 44.1. The van der Waals surface area contributed by atoms with E-state index in [2.05, 4.69) is 197 Å². The molecule has 0 aliphatic carbocycles. The molecule has 1 saturated heterocycles. The second-order valence-corrected chi connectivity index (χ2v) is 81.4. The average Bonchev–Trinajstić information content (AvgIpc) is 0.764. The van der Waals surface area contributed by atoms with E-state index in [0.29, 0.717) is 67.7 Å². The molecule has 1 amide bonds. The molecule has 0 aromatic heterocycles. The Morgan fingerprint density at radius 2 is 0.722 bits per heavy atom. The molecule has 3 heterocycles. The van der Waals surface area contributed by atoms with Crippen LogP contribution in [0.4, 0.5) is 13.2 Å². The van der Waals surface area contributed by atoms with Crippen molar-refractivity contribution in [3.05, 3.63) is 96.9 Å². The van der Waals surface area contributed by atoms with E-state index < -0.39 is 178 Å². The van der Waals surface area contributed by atoms with Gasteiger partial charge in [-0.2, -0.15) is 13.2 Å². The number of nitrogens with one attached hydrogen (secondary N) is 1. The molecule has 2 N–H and O–H groups in total. The van der Waals surface area contributed by atoms with Crippen molar-refractivity contribution in [2.24, 2.45) is 17.8 Å². The number of carboxylic acid groups (broad SMARTS) is 1. The highest BCUT2D eigenvalue weighted by atomic mass is 28.4. The summed E-state index contributed by atoms with van der Waals surface area (Å²) in [5, 5.41) is 14.6. The first-order valence-corrected chi connectivity index (χ1v) is 76.2. The van der Waals surface area contributed by atoms with Crippen LogP contribution < -0.4 is 5.32 Å². The first kappa shape index (κ1) is 125. The van der Waals surface area contributed by atoms with Crippen LogP contribution in [0.3, 0.4) is 0 Å². The number of aliphatic carboxylic acids is 1. The van der Waals surface area contributed by atoms with Crippen molar-refractivity contribution in [3.63, 3.8) is 0 Å². The molecule has 1 fully saturated rings.